The molecule has 0 aliphatic carbocycles. The van der Waals surface area contributed by atoms with Crippen LogP contribution in [0.3, 0.4) is 0 Å². The van der Waals surface area contributed by atoms with E-state index in [1.807, 2.05) is 49.2 Å². The summed E-state index contributed by atoms with van der Waals surface area (Å²) >= 11 is 1.50. The highest BCUT2D eigenvalue weighted by molar-refractivity contribution is 7.09. The number of carbonyl (C=O) groups is 3. The molecule has 9 heteroatoms. The predicted molar refractivity (Wildman–Crippen MR) is 138 cm³/mol. The summed E-state index contributed by atoms with van der Waals surface area (Å²) in [6, 6.07) is 7.50. The first-order valence-corrected chi connectivity index (χ1v) is 13.6. The number of thiazole rings is 1. The van der Waals surface area contributed by atoms with Gasteiger partial charge in [-0.2, -0.15) is 0 Å². The summed E-state index contributed by atoms with van der Waals surface area (Å²) in [6.45, 7) is 5.54. The number of piperidine rings is 1. The molecular weight excluding hydrogens is 476 g/mol. The third-order valence-electron chi connectivity index (χ3n) is 7.09. The van der Waals surface area contributed by atoms with Crippen molar-refractivity contribution in [2.45, 2.75) is 64.0 Å². The second-order valence-electron chi connectivity index (χ2n) is 9.90. The zero-order chi connectivity index (χ0) is 25.2. The first-order valence-electron chi connectivity index (χ1n) is 12.7. The molecule has 8 nitrogen and oxygen atoms in total. The van der Waals surface area contributed by atoms with Gasteiger partial charge in [0.2, 0.25) is 5.91 Å². The number of aromatic amines is 1. The predicted octanol–water partition coefficient (Wildman–Crippen LogP) is 4.13. The van der Waals surface area contributed by atoms with E-state index in [9.17, 15) is 14.4 Å². The number of benzene rings is 1. The van der Waals surface area contributed by atoms with Crippen molar-refractivity contribution in [3.63, 3.8) is 0 Å². The van der Waals surface area contributed by atoms with Gasteiger partial charge in [0, 0.05) is 48.0 Å². The van der Waals surface area contributed by atoms with Gasteiger partial charge in [-0.3, -0.25) is 9.59 Å². The minimum absolute atomic E-state index is 0.140. The smallest absolute Gasteiger partial charge is 0.329 e. The molecule has 2 aromatic heterocycles. The van der Waals surface area contributed by atoms with Crippen LogP contribution in [-0.2, 0) is 20.7 Å². The summed E-state index contributed by atoms with van der Waals surface area (Å²) in [5.41, 5.74) is 2.47. The molecule has 2 aliphatic rings. The fraction of sp³-hybridized carbons (Fsp3) is 0.481. The minimum atomic E-state index is -0.531. The van der Waals surface area contributed by atoms with E-state index in [-0.39, 0.29) is 29.8 Å². The number of hydrogen-bond acceptors (Lipinski definition) is 6. The fourth-order valence-electron chi connectivity index (χ4n) is 5.21. The summed E-state index contributed by atoms with van der Waals surface area (Å²) in [4.78, 5) is 50.0. The Balaban J connectivity index is 1.17. The number of fused-ring (bicyclic) bond motifs is 1. The Morgan fingerprint density at radius 1 is 1.14 bits per heavy atom. The standard InChI is InChI=1S/C27H32N4O4S/c1-17(2)35-27(34)23-8-5-11-31(23)26(33)22-16-36-25(29-22)18-9-12-30(13-10-18)24(32)14-19-15-28-21-7-4-3-6-20(19)21/h3-4,6-7,15-18,23,28H,5,8-14H2,1-2H3. The van der Waals surface area contributed by atoms with E-state index in [1.165, 1.54) is 11.3 Å². The molecule has 1 N–H and O–H groups in total. The minimum Gasteiger partial charge on any atom is -0.461 e. The summed E-state index contributed by atoms with van der Waals surface area (Å²) < 4.78 is 5.35. The van der Waals surface area contributed by atoms with Gasteiger partial charge in [-0.05, 0) is 51.2 Å². The van der Waals surface area contributed by atoms with E-state index in [0.717, 1.165) is 40.7 Å². The zero-order valence-electron chi connectivity index (χ0n) is 20.7. The molecule has 1 atom stereocenters. The van der Waals surface area contributed by atoms with E-state index in [0.29, 0.717) is 38.2 Å². The van der Waals surface area contributed by atoms with Crippen LogP contribution >= 0.6 is 11.3 Å². The van der Waals surface area contributed by atoms with Crippen molar-refractivity contribution in [3.8, 4) is 0 Å². The van der Waals surface area contributed by atoms with Crippen LogP contribution in [0.15, 0.2) is 35.8 Å². The van der Waals surface area contributed by atoms with Gasteiger partial charge < -0.3 is 19.5 Å². The number of H-pyrrole nitrogens is 1. The topological polar surface area (TPSA) is 95.6 Å². The maximum Gasteiger partial charge on any atom is 0.329 e. The number of likely N-dealkylation sites (tertiary alicyclic amines) is 2. The lowest BCUT2D eigenvalue weighted by atomic mass is 9.97. The third-order valence-corrected chi connectivity index (χ3v) is 8.10. The molecule has 2 amide bonds. The number of esters is 1. The summed E-state index contributed by atoms with van der Waals surface area (Å²) in [7, 11) is 0. The van der Waals surface area contributed by atoms with Crippen molar-refractivity contribution in [1.29, 1.82) is 0 Å². The van der Waals surface area contributed by atoms with Gasteiger partial charge in [0.15, 0.2) is 0 Å². The van der Waals surface area contributed by atoms with Crippen LogP contribution in [0.25, 0.3) is 10.9 Å². The van der Waals surface area contributed by atoms with Crippen molar-refractivity contribution in [3.05, 3.63) is 52.1 Å². The number of hydrogen-bond donors (Lipinski definition) is 1. The summed E-state index contributed by atoms with van der Waals surface area (Å²) in [5, 5.41) is 3.83. The molecule has 2 aliphatic heterocycles. The molecule has 1 aromatic carbocycles. The van der Waals surface area contributed by atoms with Crippen LogP contribution in [-0.4, -0.2) is 69.3 Å². The average molecular weight is 509 g/mol. The van der Waals surface area contributed by atoms with Crippen LogP contribution in [0.5, 0.6) is 0 Å². The lowest BCUT2D eigenvalue weighted by molar-refractivity contribution is -0.152. The van der Waals surface area contributed by atoms with Crippen LogP contribution < -0.4 is 0 Å². The van der Waals surface area contributed by atoms with Crippen LogP contribution in [0.2, 0.25) is 0 Å². The van der Waals surface area contributed by atoms with Gasteiger partial charge in [0.05, 0.1) is 17.5 Å². The van der Waals surface area contributed by atoms with E-state index in [2.05, 4.69) is 9.97 Å². The molecule has 190 valence electrons. The van der Waals surface area contributed by atoms with Gasteiger partial charge in [0.1, 0.15) is 11.7 Å². The van der Waals surface area contributed by atoms with Gasteiger partial charge >= 0.3 is 5.97 Å². The molecule has 0 bridgehead atoms. The Labute approximate surface area is 214 Å². The van der Waals surface area contributed by atoms with Crippen LogP contribution in [0, 0.1) is 0 Å². The molecule has 4 heterocycles. The Morgan fingerprint density at radius 3 is 2.69 bits per heavy atom. The largest absolute Gasteiger partial charge is 0.461 e. The monoisotopic (exact) mass is 508 g/mol. The van der Waals surface area contributed by atoms with Crippen LogP contribution in [0.4, 0.5) is 0 Å². The first kappa shape index (κ1) is 24.5. The average Bonchev–Trinajstić information content (AvgIpc) is 3.63. The molecule has 0 spiro atoms. The maximum absolute atomic E-state index is 13.1. The molecule has 2 fully saturated rings. The Kier molecular flexibility index (Phi) is 7.09. The number of nitrogens with zero attached hydrogens (tertiary/aromatic N) is 3. The lowest BCUT2D eigenvalue weighted by Gasteiger charge is -2.31. The van der Waals surface area contributed by atoms with Gasteiger partial charge in [0.25, 0.3) is 5.91 Å². The molecule has 0 radical (unpaired) electrons. The molecule has 0 saturated carbocycles. The highest BCUT2D eigenvalue weighted by Crippen LogP contribution is 2.32. The van der Waals surface area contributed by atoms with E-state index in [1.54, 1.807) is 10.3 Å². The SMILES string of the molecule is CC(C)OC(=O)C1CCCN1C(=O)c1csc(C2CCN(C(=O)Cc3c[nH]c4ccccc34)CC2)n1. The number of carbonyl (C=O) groups excluding carboxylic acids is 3. The van der Waals surface area contributed by atoms with Gasteiger partial charge in [-0.25, -0.2) is 9.78 Å². The number of ether oxygens (including phenoxy) is 1. The maximum atomic E-state index is 13.1. The van der Waals surface area contributed by atoms with Crippen molar-refractivity contribution in [2.75, 3.05) is 19.6 Å². The molecule has 1 unspecified atom stereocenters. The summed E-state index contributed by atoms with van der Waals surface area (Å²) in [5.74, 6) is -0.168. The molecule has 36 heavy (non-hydrogen) atoms. The van der Waals surface area contributed by atoms with Gasteiger partial charge in [-0.1, -0.05) is 18.2 Å². The van der Waals surface area contributed by atoms with Crippen molar-refractivity contribution in [1.82, 2.24) is 19.8 Å². The normalized spacial score (nSPS) is 18.8. The fourth-order valence-corrected chi connectivity index (χ4v) is 6.18. The number of rotatable bonds is 6. The van der Waals surface area contributed by atoms with Crippen molar-refractivity contribution < 1.29 is 19.1 Å². The quantitative estimate of drug-likeness (QED) is 0.505. The van der Waals surface area contributed by atoms with E-state index < -0.39 is 6.04 Å². The molecule has 2 saturated heterocycles. The highest BCUT2D eigenvalue weighted by atomic mass is 32.1. The zero-order valence-corrected chi connectivity index (χ0v) is 21.6. The van der Waals surface area contributed by atoms with Crippen LogP contribution in [0.1, 0.15) is 66.5 Å². The highest BCUT2D eigenvalue weighted by Gasteiger charge is 2.37. The summed E-state index contributed by atoms with van der Waals surface area (Å²) in [6.07, 6.45) is 5.17. The van der Waals surface area contributed by atoms with Crippen molar-refractivity contribution in [2.24, 2.45) is 0 Å². The molecule has 3 aromatic rings. The number of nitrogens with one attached hydrogen (secondary N) is 1. The Bertz CT molecular complexity index is 1260. The molecular formula is C27H32N4O4S. The Hall–Kier alpha value is -3.20. The van der Waals surface area contributed by atoms with E-state index >= 15 is 0 Å². The number of aromatic nitrogens is 2. The van der Waals surface area contributed by atoms with Crippen molar-refractivity contribution >= 4 is 40.0 Å². The third kappa shape index (κ3) is 5.02. The number of amides is 2. The van der Waals surface area contributed by atoms with Gasteiger partial charge in [-0.15, -0.1) is 11.3 Å². The Morgan fingerprint density at radius 2 is 1.92 bits per heavy atom. The second-order valence-corrected chi connectivity index (χ2v) is 10.8. The van der Waals surface area contributed by atoms with E-state index in [4.69, 9.17) is 4.74 Å². The lowest BCUT2D eigenvalue weighted by Crippen LogP contribution is -2.42. The molecule has 5 rings (SSSR count). The number of para-hydroxylation sites is 1. The first-order chi connectivity index (χ1) is 17.4. The second kappa shape index (κ2) is 10.4.